The van der Waals surface area contributed by atoms with Crippen LogP contribution in [-0.4, -0.2) is 19.5 Å². The van der Waals surface area contributed by atoms with Crippen molar-refractivity contribution in [3.63, 3.8) is 0 Å². The molecular formula is C57H34N4OS. The van der Waals surface area contributed by atoms with E-state index in [-0.39, 0.29) is 11.4 Å². The Balaban J connectivity index is 1.14. The number of fused-ring (bicyclic) bond motifs is 10. The van der Waals surface area contributed by atoms with Crippen molar-refractivity contribution in [2.45, 2.75) is 0 Å². The summed E-state index contributed by atoms with van der Waals surface area (Å²) >= 11 is 1.66. The zero-order valence-corrected chi connectivity index (χ0v) is 34.2. The Morgan fingerprint density at radius 2 is 1.06 bits per heavy atom. The lowest BCUT2D eigenvalue weighted by molar-refractivity contribution is 0.669. The van der Waals surface area contributed by atoms with E-state index in [9.17, 15) is 0 Å². The van der Waals surface area contributed by atoms with Gasteiger partial charge >= 0.3 is 0 Å². The highest BCUT2D eigenvalue weighted by atomic mass is 32.1. The maximum Gasteiger partial charge on any atom is 0.165 e. The van der Waals surface area contributed by atoms with Crippen LogP contribution in [0.5, 0.6) is 0 Å². The Labute approximate surface area is 372 Å². The van der Waals surface area contributed by atoms with Gasteiger partial charge in [0, 0.05) is 64.1 Å². The fourth-order valence-electron chi connectivity index (χ4n) is 9.14. The first-order valence-corrected chi connectivity index (χ1v) is 21.5. The topological polar surface area (TPSA) is 56.7 Å². The molecule has 0 atom stereocenters. The zero-order valence-electron chi connectivity index (χ0n) is 38.3. The van der Waals surface area contributed by atoms with Gasteiger partial charge in [0.1, 0.15) is 11.2 Å². The second-order valence-corrected chi connectivity index (χ2v) is 16.6. The van der Waals surface area contributed by atoms with Gasteiger partial charge in [-0.05, 0) is 64.7 Å². The second kappa shape index (κ2) is 14.2. The first kappa shape index (κ1) is 30.8. The molecule has 0 aliphatic heterocycles. The predicted molar refractivity (Wildman–Crippen MR) is 262 cm³/mol. The summed E-state index contributed by atoms with van der Waals surface area (Å²) in [5.74, 6) is 0.590. The van der Waals surface area contributed by atoms with Crippen molar-refractivity contribution in [3.05, 3.63) is 206 Å². The van der Waals surface area contributed by atoms with E-state index in [0.717, 1.165) is 91.9 Å². The number of nitrogens with zero attached hydrogens (tertiary/aromatic N) is 4. The van der Waals surface area contributed by atoms with E-state index < -0.39 is 30.2 Å². The van der Waals surface area contributed by atoms with Crippen LogP contribution in [0.15, 0.2) is 211 Å². The summed E-state index contributed by atoms with van der Waals surface area (Å²) in [5.41, 5.74) is 10.2. The van der Waals surface area contributed by atoms with E-state index in [2.05, 4.69) is 120 Å². The normalized spacial score (nSPS) is 12.9. The molecule has 5 nitrogen and oxygen atoms in total. The molecule has 0 saturated heterocycles. The fraction of sp³-hybridized carbons (Fsp3) is 0. The maximum absolute atomic E-state index is 9.00. The van der Waals surface area contributed by atoms with Crippen LogP contribution in [0.3, 0.4) is 0 Å². The molecule has 9 aromatic carbocycles. The number of hydrogen-bond acceptors (Lipinski definition) is 5. The summed E-state index contributed by atoms with van der Waals surface area (Å²) in [7, 11) is 0. The summed E-state index contributed by atoms with van der Waals surface area (Å²) < 4.78 is 54.2. The van der Waals surface area contributed by atoms with Crippen molar-refractivity contribution in [2.75, 3.05) is 0 Å². The second-order valence-electron chi connectivity index (χ2n) is 15.6. The highest BCUT2D eigenvalue weighted by molar-refractivity contribution is 7.26. The van der Waals surface area contributed by atoms with Crippen LogP contribution in [0.25, 0.3) is 126 Å². The average Bonchev–Trinajstić information content (AvgIpc) is 4.07. The molecule has 13 rings (SSSR count). The highest BCUT2D eigenvalue weighted by Crippen LogP contribution is 2.47. The Bertz CT molecular complexity index is 4190. The van der Waals surface area contributed by atoms with Gasteiger partial charge in [-0.3, -0.25) is 0 Å². The Morgan fingerprint density at radius 3 is 1.90 bits per heavy atom. The molecule has 0 aliphatic carbocycles. The molecule has 0 N–H and O–H groups in total. The monoisotopic (exact) mass is 827 g/mol. The molecule has 0 fully saturated rings. The SMILES string of the molecule is [2H]c1c([2H])c([2H])c(-c2nc(-c3ccccc3)nc(-c3cc(-n4c5ccccc5c5c6c(ccc54)oc4ccccc46)cc4c3sc3c(-c5cccc(-c6ccccc6)c5)cccc34)n2)c([2H])c1[2H]. The van der Waals surface area contributed by atoms with Crippen LogP contribution < -0.4 is 0 Å². The molecule has 4 aromatic heterocycles. The van der Waals surface area contributed by atoms with Gasteiger partial charge in [0.25, 0.3) is 0 Å². The van der Waals surface area contributed by atoms with Gasteiger partial charge in [-0.25, -0.2) is 15.0 Å². The summed E-state index contributed by atoms with van der Waals surface area (Å²) in [6.45, 7) is 0. The van der Waals surface area contributed by atoms with Gasteiger partial charge < -0.3 is 8.98 Å². The minimum atomic E-state index is -0.488. The minimum absolute atomic E-state index is 0.0185. The van der Waals surface area contributed by atoms with Crippen LogP contribution in [0.1, 0.15) is 6.85 Å². The summed E-state index contributed by atoms with van der Waals surface area (Å²) in [6.07, 6.45) is 0. The molecule has 6 heteroatoms. The number of para-hydroxylation sites is 2. The Hall–Kier alpha value is -8.19. The molecule has 294 valence electrons. The van der Waals surface area contributed by atoms with Crippen molar-refractivity contribution in [1.82, 2.24) is 19.5 Å². The first-order chi connectivity index (χ1) is 33.3. The number of thiophene rings is 1. The van der Waals surface area contributed by atoms with E-state index in [1.807, 2.05) is 60.7 Å². The van der Waals surface area contributed by atoms with Crippen LogP contribution >= 0.6 is 11.3 Å². The van der Waals surface area contributed by atoms with Gasteiger partial charge in [0.05, 0.1) is 17.9 Å². The van der Waals surface area contributed by atoms with Gasteiger partial charge in [-0.2, -0.15) is 0 Å². The molecule has 0 radical (unpaired) electrons. The number of benzene rings is 9. The lowest BCUT2D eigenvalue weighted by Gasteiger charge is -2.13. The van der Waals surface area contributed by atoms with Crippen LogP contribution in [0.4, 0.5) is 0 Å². The standard InChI is InChI=1S/C57H34N4OS/c1-4-16-35(17-5-1)38-22-14-23-39(32-38)41-26-15-27-42-45-33-40(61-47-28-12-10-24-43(47)51-48(61)30-31-50-52(51)44-25-11-13-29-49(44)62-50)34-46(54(45)63-53(41)42)57-59-55(36-18-6-2-7-19-36)58-56(60-57)37-20-8-3-9-21-37/h1-34H/i2D,6D,7D,18D,19D. The lowest BCUT2D eigenvalue weighted by atomic mass is 9.97. The van der Waals surface area contributed by atoms with E-state index in [1.54, 1.807) is 11.3 Å². The van der Waals surface area contributed by atoms with Crippen molar-refractivity contribution in [1.29, 1.82) is 0 Å². The smallest absolute Gasteiger partial charge is 0.165 e. The molecule has 0 bridgehead atoms. The molecule has 0 amide bonds. The van der Waals surface area contributed by atoms with E-state index >= 15 is 0 Å². The Kier molecular flexibility index (Phi) is 6.94. The summed E-state index contributed by atoms with van der Waals surface area (Å²) in [5, 5.41) is 6.29. The maximum atomic E-state index is 9.00. The number of rotatable bonds is 6. The number of aromatic nitrogens is 4. The van der Waals surface area contributed by atoms with E-state index in [1.165, 1.54) is 0 Å². The molecule has 0 saturated carbocycles. The van der Waals surface area contributed by atoms with Crippen LogP contribution in [-0.2, 0) is 0 Å². The number of hydrogen-bond donors (Lipinski definition) is 0. The largest absolute Gasteiger partial charge is 0.456 e. The van der Waals surface area contributed by atoms with Gasteiger partial charge in [0.2, 0.25) is 0 Å². The minimum Gasteiger partial charge on any atom is -0.456 e. The van der Waals surface area contributed by atoms with Crippen molar-refractivity contribution in [2.24, 2.45) is 0 Å². The van der Waals surface area contributed by atoms with E-state index in [0.29, 0.717) is 22.8 Å². The quantitative estimate of drug-likeness (QED) is 0.168. The summed E-state index contributed by atoms with van der Waals surface area (Å²) in [4.78, 5) is 15.1. The number of furan rings is 1. The Morgan fingerprint density at radius 1 is 0.413 bits per heavy atom. The lowest BCUT2D eigenvalue weighted by Crippen LogP contribution is -2.01. The summed E-state index contributed by atoms with van der Waals surface area (Å²) in [6, 6.07) is 57.9. The molecule has 0 spiro atoms. The van der Waals surface area contributed by atoms with Gasteiger partial charge in [-0.15, -0.1) is 11.3 Å². The van der Waals surface area contributed by atoms with Crippen molar-refractivity contribution in [3.8, 4) is 62.1 Å². The predicted octanol–water partition coefficient (Wildman–Crippen LogP) is 15.6. The average molecular weight is 828 g/mol. The third kappa shape index (κ3) is 5.73. The highest BCUT2D eigenvalue weighted by Gasteiger charge is 2.23. The molecule has 0 unspecified atom stereocenters. The van der Waals surface area contributed by atoms with Crippen LogP contribution in [0.2, 0.25) is 0 Å². The van der Waals surface area contributed by atoms with Gasteiger partial charge in [-0.1, -0.05) is 164 Å². The molecule has 13 aromatic rings. The van der Waals surface area contributed by atoms with Crippen LogP contribution in [0, 0.1) is 0 Å². The van der Waals surface area contributed by atoms with Crippen molar-refractivity contribution < 1.29 is 11.3 Å². The van der Waals surface area contributed by atoms with Crippen molar-refractivity contribution >= 4 is 75.3 Å². The van der Waals surface area contributed by atoms with E-state index in [4.69, 9.17) is 26.2 Å². The third-order valence-corrected chi connectivity index (χ3v) is 13.2. The molecular weight excluding hydrogens is 789 g/mol. The first-order valence-electron chi connectivity index (χ1n) is 23.2. The zero-order chi connectivity index (χ0) is 45.8. The third-order valence-electron chi connectivity index (χ3n) is 11.9. The molecule has 4 heterocycles. The fourth-order valence-corrected chi connectivity index (χ4v) is 10.5. The molecule has 63 heavy (non-hydrogen) atoms. The van der Waals surface area contributed by atoms with Gasteiger partial charge in [0.15, 0.2) is 17.5 Å². The molecule has 0 aliphatic rings.